The second-order valence-corrected chi connectivity index (χ2v) is 9.74. The molecule has 9 heteroatoms. The van der Waals surface area contributed by atoms with Crippen molar-refractivity contribution < 1.29 is 23.5 Å². The number of carbonyl (C=O) groups excluding carboxylic acids is 3. The first-order valence-electron chi connectivity index (χ1n) is 13.5. The molecule has 206 valence electrons. The molecule has 0 saturated heterocycles. The van der Waals surface area contributed by atoms with Gasteiger partial charge in [0.25, 0.3) is 0 Å². The summed E-state index contributed by atoms with van der Waals surface area (Å²) in [6, 6.07) is 15.2. The van der Waals surface area contributed by atoms with Gasteiger partial charge in [-0.05, 0) is 61.2 Å². The summed E-state index contributed by atoms with van der Waals surface area (Å²) in [6.45, 7) is 0.126. The van der Waals surface area contributed by atoms with Crippen molar-refractivity contribution in [3.63, 3.8) is 0 Å². The van der Waals surface area contributed by atoms with Crippen LogP contribution in [0.4, 0.5) is 5.82 Å². The van der Waals surface area contributed by atoms with Crippen LogP contribution in [0.1, 0.15) is 68.7 Å². The maximum absolute atomic E-state index is 13.8. The maximum Gasteiger partial charge on any atom is 0.247 e. The molecule has 1 aliphatic rings. The van der Waals surface area contributed by atoms with Crippen LogP contribution in [0.5, 0.6) is 5.75 Å². The molecule has 9 nitrogen and oxygen atoms in total. The van der Waals surface area contributed by atoms with E-state index in [1.165, 1.54) is 6.42 Å². The van der Waals surface area contributed by atoms with Crippen molar-refractivity contribution in [2.24, 2.45) is 0 Å². The molecule has 0 aliphatic heterocycles. The van der Waals surface area contributed by atoms with E-state index in [1.807, 2.05) is 12.1 Å². The van der Waals surface area contributed by atoms with Crippen molar-refractivity contribution in [1.29, 1.82) is 0 Å². The highest BCUT2D eigenvalue weighted by Gasteiger charge is 2.33. The Kier molecular flexibility index (Phi) is 10.1. The van der Waals surface area contributed by atoms with Gasteiger partial charge >= 0.3 is 0 Å². The smallest absolute Gasteiger partial charge is 0.247 e. The fourth-order valence-electron chi connectivity index (χ4n) is 4.87. The fourth-order valence-corrected chi connectivity index (χ4v) is 4.87. The third kappa shape index (κ3) is 8.17. The van der Waals surface area contributed by atoms with Crippen molar-refractivity contribution in [3.8, 4) is 5.75 Å². The van der Waals surface area contributed by atoms with Crippen LogP contribution in [0.3, 0.4) is 0 Å². The lowest BCUT2D eigenvalue weighted by molar-refractivity contribution is -0.142. The number of benzene rings is 1. The number of nitrogens with one attached hydrogen (secondary N) is 2. The summed E-state index contributed by atoms with van der Waals surface area (Å²) >= 11 is 0. The lowest BCUT2D eigenvalue weighted by Crippen LogP contribution is -2.46. The summed E-state index contributed by atoms with van der Waals surface area (Å²) < 4.78 is 10.9. The van der Waals surface area contributed by atoms with Gasteiger partial charge in [-0.1, -0.05) is 37.5 Å². The number of hydrogen-bond acceptors (Lipinski definition) is 6. The van der Waals surface area contributed by atoms with Gasteiger partial charge in [0, 0.05) is 25.1 Å². The van der Waals surface area contributed by atoms with Gasteiger partial charge in [-0.15, -0.1) is 0 Å². The molecule has 1 aliphatic carbocycles. The van der Waals surface area contributed by atoms with E-state index in [4.69, 9.17) is 9.15 Å². The first-order valence-corrected chi connectivity index (χ1v) is 13.5. The number of carbonyl (C=O) groups is 3. The summed E-state index contributed by atoms with van der Waals surface area (Å²) in [5.41, 5.74) is 0.678. The molecule has 1 atom stereocenters. The summed E-state index contributed by atoms with van der Waals surface area (Å²) in [5.74, 6) is 1.01. The van der Waals surface area contributed by atoms with Crippen LogP contribution in [0.2, 0.25) is 0 Å². The second kappa shape index (κ2) is 14.1. The fraction of sp³-hybridized carbons (Fsp3) is 0.400. The molecule has 3 amide bonds. The molecule has 2 N–H and O–H groups in total. The van der Waals surface area contributed by atoms with Gasteiger partial charge in [-0.2, -0.15) is 0 Å². The number of methoxy groups -OCH3 is 1. The van der Waals surface area contributed by atoms with Crippen molar-refractivity contribution in [2.45, 2.75) is 70.0 Å². The molecule has 1 fully saturated rings. The van der Waals surface area contributed by atoms with Crippen LogP contribution in [-0.4, -0.2) is 40.8 Å². The van der Waals surface area contributed by atoms with E-state index in [9.17, 15) is 14.4 Å². The third-order valence-electron chi connectivity index (χ3n) is 6.90. The molecule has 1 aromatic carbocycles. The molecule has 2 aromatic heterocycles. The predicted molar refractivity (Wildman–Crippen MR) is 147 cm³/mol. The Morgan fingerprint density at radius 3 is 2.49 bits per heavy atom. The maximum atomic E-state index is 13.8. The minimum atomic E-state index is -0.863. The van der Waals surface area contributed by atoms with Crippen LogP contribution in [0.25, 0.3) is 0 Å². The largest absolute Gasteiger partial charge is 0.497 e. The highest BCUT2D eigenvalue weighted by Crippen LogP contribution is 2.28. The molecular weight excluding hydrogens is 496 g/mol. The van der Waals surface area contributed by atoms with Crippen LogP contribution in [0, 0.1) is 0 Å². The zero-order chi connectivity index (χ0) is 27.5. The van der Waals surface area contributed by atoms with Gasteiger partial charge in [0.2, 0.25) is 17.7 Å². The first-order chi connectivity index (χ1) is 19.0. The molecule has 0 unspecified atom stereocenters. The van der Waals surface area contributed by atoms with Crippen LogP contribution in [0.15, 0.2) is 71.5 Å². The van der Waals surface area contributed by atoms with Gasteiger partial charge in [0.05, 0.1) is 19.9 Å². The Morgan fingerprint density at radius 2 is 1.82 bits per heavy atom. The number of pyridine rings is 1. The molecule has 4 rings (SSSR count). The monoisotopic (exact) mass is 532 g/mol. The van der Waals surface area contributed by atoms with Gasteiger partial charge in [-0.3, -0.25) is 14.4 Å². The van der Waals surface area contributed by atoms with Crippen molar-refractivity contribution in [3.05, 3.63) is 78.4 Å². The van der Waals surface area contributed by atoms with Gasteiger partial charge in [0.1, 0.15) is 23.4 Å². The average molecular weight is 533 g/mol. The number of rotatable bonds is 12. The summed E-state index contributed by atoms with van der Waals surface area (Å²) in [4.78, 5) is 45.5. The minimum Gasteiger partial charge on any atom is -0.497 e. The molecule has 0 radical (unpaired) electrons. The highest BCUT2D eigenvalue weighted by molar-refractivity contribution is 5.91. The van der Waals surface area contributed by atoms with Crippen LogP contribution in [-0.2, 0) is 20.9 Å². The van der Waals surface area contributed by atoms with E-state index in [2.05, 4.69) is 15.6 Å². The topological polar surface area (TPSA) is 114 Å². The van der Waals surface area contributed by atoms with Gasteiger partial charge in [0.15, 0.2) is 0 Å². The number of anilines is 1. The zero-order valence-electron chi connectivity index (χ0n) is 22.3. The Balaban J connectivity index is 1.52. The Labute approximate surface area is 228 Å². The molecule has 0 spiro atoms. The number of furan rings is 1. The summed E-state index contributed by atoms with van der Waals surface area (Å²) in [6.07, 6.45) is 8.90. The Bertz CT molecular complexity index is 1190. The van der Waals surface area contributed by atoms with Crippen molar-refractivity contribution in [1.82, 2.24) is 15.2 Å². The van der Waals surface area contributed by atoms with Gasteiger partial charge < -0.3 is 24.7 Å². The Hall–Kier alpha value is -4.14. The lowest BCUT2D eigenvalue weighted by Gasteiger charge is -2.33. The quantitative estimate of drug-likeness (QED) is 0.339. The molecular formula is C30H36N4O5. The number of aromatic nitrogens is 1. The van der Waals surface area contributed by atoms with Crippen LogP contribution < -0.4 is 15.4 Å². The lowest BCUT2D eigenvalue weighted by atomic mass is 9.94. The number of ether oxygens (including phenoxy) is 1. The van der Waals surface area contributed by atoms with E-state index in [0.717, 1.165) is 25.7 Å². The minimum absolute atomic E-state index is 0.0860. The molecule has 39 heavy (non-hydrogen) atoms. The predicted octanol–water partition coefficient (Wildman–Crippen LogP) is 5.01. The first kappa shape index (κ1) is 27.9. The highest BCUT2D eigenvalue weighted by atomic mass is 16.5. The van der Waals surface area contributed by atoms with Gasteiger partial charge in [-0.25, -0.2) is 4.98 Å². The third-order valence-corrected chi connectivity index (χ3v) is 6.90. The molecule has 2 heterocycles. The van der Waals surface area contributed by atoms with Crippen molar-refractivity contribution >= 4 is 23.5 Å². The number of hydrogen-bond donors (Lipinski definition) is 2. The summed E-state index contributed by atoms with van der Waals surface area (Å²) in [7, 11) is 1.58. The van der Waals surface area contributed by atoms with E-state index in [0.29, 0.717) is 29.3 Å². The standard InChI is InChI=1S/C30H36N4O5/c1-38-24-17-15-22(16-18-24)29(30(37)32-23-9-3-2-4-10-23)34(21-25-11-8-20-39-25)28(36)14-7-13-27(35)33-26-12-5-6-19-31-26/h5-6,8,11-12,15-20,23,29H,2-4,7,9-10,13-14,21H2,1H3,(H,32,37)(H,31,33,35)/t29-/m1/s1. The van der Waals surface area contributed by atoms with E-state index in [-0.39, 0.29) is 43.1 Å². The van der Waals surface area contributed by atoms with E-state index < -0.39 is 6.04 Å². The summed E-state index contributed by atoms with van der Waals surface area (Å²) in [5, 5.41) is 5.94. The number of amides is 3. The SMILES string of the molecule is COc1ccc([C@H](C(=O)NC2CCCCC2)N(Cc2ccco2)C(=O)CCCC(=O)Nc2ccccn2)cc1. The zero-order valence-corrected chi connectivity index (χ0v) is 22.3. The molecule has 0 bridgehead atoms. The average Bonchev–Trinajstić information content (AvgIpc) is 3.47. The van der Waals surface area contributed by atoms with Crippen molar-refractivity contribution in [2.75, 3.05) is 12.4 Å². The molecule has 1 saturated carbocycles. The van der Waals surface area contributed by atoms with E-state index in [1.54, 1.807) is 66.9 Å². The normalized spacial score (nSPS) is 14.3. The molecule has 3 aromatic rings. The second-order valence-electron chi connectivity index (χ2n) is 9.74. The van der Waals surface area contributed by atoms with E-state index >= 15 is 0 Å². The Morgan fingerprint density at radius 1 is 1.03 bits per heavy atom. The van der Waals surface area contributed by atoms with Crippen LogP contribution >= 0.6 is 0 Å². The number of nitrogens with zero attached hydrogens (tertiary/aromatic N) is 2.